The van der Waals surface area contributed by atoms with E-state index in [9.17, 15) is 10.1 Å². The Bertz CT molecular complexity index is 747. The first-order valence-corrected chi connectivity index (χ1v) is 8.37. The Labute approximate surface area is 139 Å². The fourth-order valence-corrected chi connectivity index (χ4v) is 3.46. The lowest BCUT2D eigenvalue weighted by atomic mass is 10.2. The van der Waals surface area contributed by atoms with Crippen LogP contribution in [-0.4, -0.2) is 27.3 Å². The molecule has 1 fully saturated rings. The molecule has 0 N–H and O–H groups in total. The van der Waals surface area contributed by atoms with E-state index < -0.39 is 0 Å². The van der Waals surface area contributed by atoms with Gasteiger partial charge in [-0.1, -0.05) is 42.1 Å². The summed E-state index contributed by atoms with van der Waals surface area (Å²) in [4.78, 5) is 17.4. The van der Waals surface area contributed by atoms with Gasteiger partial charge in [-0.25, -0.2) is 4.99 Å². The number of nitro groups is 1. The fraction of sp³-hybridized carbons (Fsp3) is 0.235. The summed E-state index contributed by atoms with van der Waals surface area (Å²) in [5.74, 6) is 1.01. The standard InChI is InChI=1S/C17H17N3O2S/c1-13-11-15(20(21)22)7-8-16(13)18-17-19(9-10-23-17)12-14-5-3-2-4-6-14/h2-8,11H,9-10,12H2,1H3. The minimum absolute atomic E-state index is 0.103. The molecule has 2 aromatic carbocycles. The van der Waals surface area contributed by atoms with Crippen LogP contribution in [0.5, 0.6) is 0 Å². The quantitative estimate of drug-likeness (QED) is 0.625. The Morgan fingerprint density at radius 1 is 1.26 bits per heavy atom. The Kier molecular flexibility index (Phi) is 4.62. The van der Waals surface area contributed by atoms with Gasteiger partial charge in [-0.2, -0.15) is 0 Å². The summed E-state index contributed by atoms with van der Waals surface area (Å²) in [7, 11) is 0. The monoisotopic (exact) mass is 327 g/mol. The molecule has 2 aromatic rings. The maximum Gasteiger partial charge on any atom is 0.269 e. The summed E-state index contributed by atoms with van der Waals surface area (Å²) in [6.07, 6.45) is 0. The van der Waals surface area contributed by atoms with Crippen molar-refractivity contribution in [3.05, 3.63) is 69.8 Å². The number of non-ortho nitro benzene ring substituents is 1. The molecule has 118 valence electrons. The van der Waals surface area contributed by atoms with Crippen molar-refractivity contribution in [3.8, 4) is 0 Å². The molecule has 5 nitrogen and oxygen atoms in total. The maximum atomic E-state index is 10.8. The van der Waals surface area contributed by atoms with Crippen molar-refractivity contribution in [2.75, 3.05) is 12.3 Å². The van der Waals surface area contributed by atoms with Crippen LogP contribution in [-0.2, 0) is 6.54 Å². The number of benzene rings is 2. The summed E-state index contributed by atoms with van der Waals surface area (Å²) in [5.41, 5.74) is 2.96. The number of thioether (sulfide) groups is 1. The van der Waals surface area contributed by atoms with Gasteiger partial charge in [-0.05, 0) is 24.1 Å². The van der Waals surface area contributed by atoms with E-state index in [-0.39, 0.29) is 10.6 Å². The maximum absolute atomic E-state index is 10.8. The highest BCUT2D eigenvalue weighted by Crippen LogP contribution is 2.28. The summed E-state index contributed by atoms with van der Waals surface area (Å²) < 4.78 is 0. The number of aliphatic imine (C=N–C) groups is 1. The molecule has 23 heavy (non-hydrogen) atoms. The molecular weight excluding hydrogens is 310 g/mol. The third kappa shape index (κ3) is 3.71. The third-order valence-electron chi connectivity index (χ3n) is 3.69. The van der Waals surface area contributed by atoms with E-state index in [2.05, 4.69) is 17.0 Å². The number of hydrogen-bond donors (Lipinski definition) is 0. The Morgan fingerprint density at radius 3 is 2.74 bits per heavy atom. The molecule has 0 radical (unpaired) electrons. The highest BCUT2D eigenvalue weighted by molar-refractivity contribution is 8.14. The molecule has 0 atom stereocenters. The van der Waals surface area contributed by atoms with Gasteiger partial charge >= 0.3 is 0 Å². The number of aryl methyl sites for hydroxylation is 1. The molecule has 3 rings (SSSR count). The average molecular weight is 327 g/mol. The summed E-state index contributed by atoms with van der Waals surface area (Å²) >= 11 is 1.73. The highest BCUT2D eigenvalue weighted by Gasteiger charge is 2.20. The van der Waals surface area contributed by atoms with Crippen molar-refractivity contribution in [1.29, 1.82) is 0 Å². The van der Waals surface area contributed by atoms with Gasteiger partial charge in [0.15, 0.2) is 5.17 Å². The molecule has 0 amide bonds. The van der Waals surface area contributed by atoms with E-state index in [4.69, 9.17) is 4.99 Å². The topological polar surface area (TPSA) is 58.7 Å². The van der Waals surface area contributed by atoms with E-state index in [0.717, 1.165) is 35.3 Å². The van der Waals surface area contributed by atoms with Crippen LogP contribution in [0.3, 0.4) is 0 Å². The Hall–Kier alpha value is -2.34. The molecule has 0 aliphatic carbocycles. The van der Waals surface area contributed by atoms with E-state index in [1.807, 2.05) is 25.1 Å². The highest BCUT2D eigenvalue weighted by atomic mass is 32.2. The number of rotatable bonds is 4. The minimum Gasteiger partial charge on any atom is -0.346 e. The molecule has 6 heteroatoms. The third-order valence-corrected chi connectivity index (χ3v) is 4.68. The second-order valence-corrected chi connectivity index (χ2v) is 6.44. The smallest absolute Gasteiger partial charge is 0.269 e. The first-order chi connectivity index (χ1) is 11.1. The van der Waals surface area contributed by atoms with E-state index >= 15 is 0 Å². The first kappa shape index (κ1) is 15.6. The summed E-state index contributed by atoms with van der Waals surface area (Å²) in [6.45, 7) is 3.65. The van der Waals surface area contributed by atoms with Crippen LogP contribution >= 0.6 is 11.8 Å². The van der Waals surface area contributed by atoms with Crippen LogP contribution in [0.15, 0.2) is 53.5 Å². The predicted octanol–water partition coefficient (Wildman–Crippen LogP) is 4.14. The lowest BCUT2D eigenvalue weighted by Crippen LogP contribution is -2.23. The molecule has 1 aliphatic heterocycles. The normalized spacial score (nSPS) is 16.0. The van der Waals surface area contributed by atoms with Crippen LogP contribution in [0.4, 0.5) is 11.4 Å². The molecule has 0 unspecified atom stereocenters. The number of nitro benzene ring substituents is 1. The van der Waals surface area contributed by atoms with E-state index in [0.29, 0.717) is 0 Å². The lowest BCUT2D eigenvalue weighted by Gasteiger charge is -2.18. The number of amidine groups is 1. The van der Waals surface area contributed by atoms with Crippen LogP contribution < -0.4 is 0 Å². The zero-order chi connectivity index (χ0) is 16.2. The molecule has 0 bridgehead atoms. The lowest BCUT2D eigenvalue weighted by molar-refractivity contribution is -0.384. The van der Waals surface area contributed by atoms with Gasteiger partial charge in [-0.15, -0.1) is 0 Å². The molecule has 1 aliphatic rings. The zero-order valence-electron chi connectivity index (χ0n) is 12.8. The van der Waals surface area contributed by atoms with Gasteiger partial charge in [0.2, 0.25) is 0 Å². The second kappa shape index (κ2) is 6.83. The van der Waals surface area contributed by atoms with Crippen LogP contribution in [0.1, 0.15) is 11.1 Å². The van der Waals surface area contributed by atoms with Crippen molar-refractivity contribution in [2.45, 2.75) is 13.5 Å². The van der Waals surface area contributed by atoms with Gasteiger partial charge in [0, 0.05) is 31.0 Å². The Morgan fingerprint density at radius 2 is 2.04 bits per heavy atom. The van der Waals surface area contributed by atoms with Crippen LogP contribution in [0, 0.1) is 17.0 Å². The van der Waals surface area contributed by atoms with Gasteiger partial charge in [0.05, 0.1) is 10.6 Å². The van der Waals surface area contributed by atoms with Gasteiger partial charge in [0.1, 0.15) is 0 Å². The SMILES string of the molecule is Cc1cc([N+](=O)[O-])ccc1N=C1SCCN1Cc1ccccc1. The zero-order valence-corrected chi connectivity index (χ0v) is 13.6. The van der Waals surface area contributed by atoms with Crippen molar-refractivity contribution in [2.24, 2.45) is 4.99 Å². The molecule has 0 aromatic heterocycles. The van der Waals surface area contributed by atoms with E-state index in [1.54, 1.807) is 23.9 Å². The van der Waals surface area contributed by atoms with Crippen molar-refractivity contribution in [3.63, 3.8) is 0 Å². The van der Waals surface area contributed by atoms with Crippen LogP contribution in [0.25, 0.3) is 0 Å². The van der Waals surface area contributed by atoms with Gasteiger partial charge < -0.3 is 4.90 Å². The number of hydrogen-bond acceptors (Lipinski definition) is 4. The summed E-state index contributed by atoms with van der Waals surface area (Å²) in [6, 6.07) is 15.1. The molecule has 0 spiro atoms. The first-order valence-electron chi connectivity index (χ1n) is 7.39. The molecule has 1 heterocycles. The van der Waals surface area contributed by atoms with Crippen molar-refractivity contribution in [1.82, 2.24) is 4.90 Å². The van der Waals surface area contributed by atoms with Crippen LogP contribution in [0.2, 0.25) is 0 Å². The molecule has 0 saturated carbocycles. The molecule has 1 saturated heterocycles. The van der Waals surface area contributed by atoms with E-state index in [1.165, 1.54) is 11.6 Å². The Balaban J connectivity index is 1.82. The van der Waals surface area contributed by atoms with Gasteiger partial charge in [0.25, 0.3) is 5.69 Å². The van der Waals surface area contributed by atoms with Crippen molar-refractivity contribution < 1.29 is 4.92 Å². The number of nitrogens with zero attached hydrogens (tertiary/aromatic N) is 3. The largest absolute Gasteiger partial charge is 0.346 e. The fourth-order valence-electron chi connectivity index (χ4n) is 2.47. The average Bonchev–Trinajstić information content (AvgIpc) is 2.97. The molecular formula is C17H17N3O2S. The second-order valence-electron chi connectivity index (χ2n) is 5.38. The minimum atomic E-state index is -0.379. The summed E-state index contributed by atoms with van der Waals surface area (Å²) in [5, 5.41) is 11.8. The van der Waals surface area contributed by atoms with Gasteiger partial charge in [-0.3, -0.25) is 10.1 Å². The van der Waals surface area contributed by atoms with Crippen molar-refractivity contribution >= 4 is 28.3 Å². The predicted molar refractivity (Wildman–Crippen MR) is 94.2 cm³/mol.